The lowest BCUT2D eigenvalue weighted by Gasteiger charge is -2.30. The fourth-order valence-electron chi connectivity index (χ4n) is 6.11. The van der Waals surface area contributed by atoms with Crippen molar-refractivity contribution in [3.05, 3.63) is 46.4 Å². The molecular formula is C32H47FN4O4. The lowest BCUT2D eigenvalue weighted by atomic mass is 9.84. The highest BCUT2D eigenvalue weighted by Crippen LogP contribution is 2.38. The number of pyridine rings is 1. The number of carboxylic acid groups (broad SMARTS) is 1. The number of anilines is 1. The van der Waals surface area contributed by atoms with Crippen LogP contribution in [0, 0.1) is 5.82 Å². The van der Waals surface area contributed by atoms with Gasteiger partial charge < -0.3 is 24.8 Å². The molecule has 41 heavy (non-hydrogen) atoms. The number of rotatable bonds is 12. The van der Waals surface area contributed by atoms with Crippen LogP contribution in [0.15, 0.2) is 18.2 Å². The third kappa shape index (κ3) is 7.30. The van der Waals surface area contributed by atoms with Gasteiger partial charge in [-0.3, -0.25) is 9.69 Å². The first-order valence-electron chi connectivity index (χ1n) is 14.9. The third-order valence-electron chi connectivity index (χ3n) is 8.55. The van der Waals surface area contributed by atoms with E-state index < -0.39 is 17.8 Å². The normalized spacial score (nSPS) is 18.2. The Balaban J connectivity index is 1.32. The van der Waals surface area contributed by atoms with Crippen molar-refractivity contribution >= 4 is 11.8 Å². The van der Waals surface area contributed by atoms with Crippen molar-refractivity contribution in [2.75, 3.05) is 52.8 Å². The maximum absolute atomic E-state index is 15.0. The molecule has 1 aromatic carbocycles. The van der Waals surface area contributed by atoms with Gasteiger partial charge in [0, 0.05) is 48.6 Å². The van der Waals surface area contributed by atoms with Crippen molar-refractivity contribution < 1.29 is 23.8 Å². The summed E-state index contributed by atoms with van der Waals surface area (Å²) in [6, 6.07) is 4.63. The van der Waals surface area contributed by atoms with Crippen LogP contribution >= 0.6 is 0 Å². The summed E-state index contributed by atoms with van der Waals surface area (Å²) in [6.45, 7) is 9.12. The molecule has 3 heterocycles. The van der Waals surface area contributed by atoms with E-state index in [-0.39, 0.29) is 17.2 Å². The Morgan fingerprint density at radius 1 is 1.22 bits per heavy atom. The van der Waals surface area contributed by atoms with Gasteiger partial charge >= 0.3 is 5.97 Å². The lowest BCUT2D eigenvalue weighted by molar-refractivity contribution is -0.143. The van der Waals surface area contributed by atoms with E-state index in [1.807, 2.05) is 25.7 Å². The van der Waals surface area contributed by atoms with Gasteiger partial charge in [0.1, 0.15) is 17.6 Å². The van der Waals surface area contributed by atoms with Crippen LogP contribution in [0.5, 0.6) is 11.5 Å². The van der Waals surface area contributed by atoms with Crippen LogP contribution in [0.2, 0.25) is 0 Å². The topological polar surface area (TPSA) is 87.2 Å². The first kappa shape index (κ1) is 31.0. The Hall–Kier alpha value is -2.91. The van der Waals surface area contributed by atoms with E-state index in [0.717, 1.165) is 80.9 Å². The highest BCUT2D eigenvalue weighted by molar-refractivity contribution is 5.77. The Bertz CT molecular complexity index is 1200. The molecule has 1 fully saturated rings. The maximum atomic E-state index is 15.0. The summed E-state index contributed by atoms with van der Waals surface area (Å²) in [6.07, 6.45) is 7.09. The Morgan fingerprint density at radius 3 is 2.68 bits per heavy atom. The van der Waals surface area contributed by atoms with Gasteiger partial charge in [0.15, 0.2) is 11.6 Å². The van der Waals surface area contributed by atoms with Crippen molar-refractivity contribution in [1.82, 2.24) is 14.8 Å². The summed E-state index contributed by atoms with van der Waals surface area (Å²) in [5, 5.41) is 13.7. The second kappa shape index (κ2) is 13.4. The number of likely N-dealkylation sites (tertiary alicyclic amines) is 1. The molecule has 9 heteroatoms. The second-order valence-electron chi connectivity index (χ2n) is 12.5. The third-order valence-corrected chi connectivity index (χ3v) is 8.55. The van der Waals surface area contributed by atoms with Crippen LogP contribution < -0.4 is 14.8 Å². The largest absolute Gasteiger partial charge is 0.496 e. The highest BCUT2D eigenvalue weighted by atomic mass is 19.1. The first-order valence-corrected chi connectivity index (χ1v) is 14.9. The average molecular weight is 571 g/mol. The number of aliphatic carboxylic acids is 1. The maximum Gasteiger partial charge on any atom is 0.325 e. The fraction of sp³-hybridized carbons (Fsp3) is 0.625. The molecule has 0 bridgehead atoms. The Kier molecular flexibility index (Phi) is 10.1. The van der Waals surface area contributed by atoms with Crippen LogP contribution in [-0.2, 0) is 23.1 Å². The van der Waals surface area contributed by atoms with E-state index >= 15 is 4.39 Å². The van der Waals surface area contributed by atoms with Gasteiger partial charge in [0.25, 0.3) is 0 Å². The number of hydrogen-bond acceptors (Lipinski definition) is 7. The van der Waals surface area contributed by atoms with Gasteiger partial charge in [0.05, 0.1) is 14.2 Å². The van der Waals surface area contributed by atoms with Gasteiger partial charge in [-0.25, -0.2) is 9.37 Å². The van der Waals surface area contributed by atoms with Crippen molar-refractivity contribution in [1.29, 1.82) is 0 Å². The molecule has 8 nitrogen and oxygen atoms in total. The predicted molar refractivity (Wildman–Crippen MR) is 160 cm³/mol. The Morgan fingerprint density at radius 2 is 2.00 bits per heavy atom. The van der Waals surface area contributed by atoms with Crippen LogP contribution in [0.3, 0.4) is 0 Å². The van der Waals surface area contributed by atoms with Crippen molar-refractivity contribution in [3.8, 4) is 11.5 Å². The monoisotopic (exact) mass is 570 g/mol. The van der Waals surface area contributed by atoms with Crippen molar-refractivity contribution in [3.63, 3.8) is 0 Å². The summed E-state index contributed by atoms with van der Waals surface area (Å²) >= 11 is 0. The molecular weight excluding hydrogens is 523 g/mol. The van der Waals surface area contributed by atoms with Crippen molar-refractivity contribution in [2.24, 2.45) is 0 Å². The summed E-state index contributed by atoms with van der Waals surface area (Å²) in [5.74, 6) is 0.423. The number of aromatic nitrogens is 1. The van der Waals surface area contributed by atoms with Gasteiger partial charge in [-0.05, 0) is 75.2 Å². The van der Waals surface area contributed by atoms with Crippen LogP contribution in [0.1, 0.15) is 81.3 Å². The quantitative estimate of drug-likeness (QED) is 0.327. The fourth-order valence-corrected chi connectivity index (χ4v) is 6.11. The molecule has 0 spiro atoms. The molecule has 2 N–H and O–H groups in total. The van der Waals surface area contributed by atoms with E-state index in [4.69, 9.17) is 14.5 Å². The summed E-state index contributed by atoms with van der Waals surface area (Å²) in [5.41, 5.74) is 3.07. The molecule has 0 saturated carbocycles. The van der Waals surface area contributed by atoms with Gasteiger partial charge in [-0.15, -0.1) is 0 Å². The van der Waals surface area contributed by atoms with E-state index in [9.17, 15) is 9.90 Å². The minimum absolute atomic E-state index is 0.0176. The number of fused-ring (bicyclic) bond motifs is 1. The SMILES string of the molecule is COc1cc(CCCCCN(C)[C@@H]2CCN(C(C(=O)O)c3cc(C(C)(C)C)cc(F)c3OC)C2)nc2c1CCCN2. The summed E-state index contributed by atoms with van der Waals surface area (Å²) < 4.78 is 26.0. The number of hydrogen-bond donors (Lipinski definition) is 2. The molecule has 0 radical (unpaired) electrons. The molecule has 1 aromatic heterocycles. The number of unbranched alkanes of at least 4 members (excludes halogenated alkanes) is 2. The number of carboxylic acids is 1. The number of likely N-dealkylation sites (N-methyl/N-ethyl adjacent to an activating group) is 1. The van der Waals surface area contributed by atoms with Gasteiger partial charge in [-0.1, -0.05) is 27.2 Å². The number of nitrogens with zero attached hydrogens (tertiary/aromatic N) is 3. The summed E-state index contributed by atoms with van der Waals surface area (Å²) in [7, 11) is 5.24. The van der Waals surface area contributed by atoms with Crippen molar-refractivity contribution in [2.45, 2.75) is 83.2 Å². The minimum atomic E-state index is -0.986. The highest BCUT2D eigenvalue weighted by Gasteiger charge is 2.38. The number of aryl methyl sites for hydroxylation is 1. The smallest absolute Gasteiger partial charge is 0.325 e. The van der Waals surface area contributed by atoms with Crippen LogP contribution in [-0.4, -0.2) is 79.3 Å². The second-order valence-corrected chi connectivity index (χ2v) is 12.5. The standard InChI is InChI=1S/C32H47FN4O4/c1-32(2,3)21-17-25(29(41-6)26(33)18-21)28(31(38)39)37-16-13-23(20-37)36(4)15-9-7-8-11-22-19-27(40-5)24-12-10-14-34-30(24)35-22/h17-19,23,28H,7-16,20H2,1-6H3,(H,34,35)(H,38,39)/t23-,28?/m1/s1. The lowest BCUT2D eigenvalue weighted by Crippen LogP contribution is -2.38. The Labute approximate surface area is 244 Å². The zero-order valence-electron chi connectivity index (χ0n) is 25.6. The zero-order chi connectivity index (χ0) is 29.7. The molecule has 0 amide bonds. The van der Waals surface area contributed by atoms with E-state index in [2.05, 4.69) is 23.3 Å². The molecule has 4 rings (SSSR count). The number of benzene rings is 1. The molecule has 226 valence electrons. The average Bonchev–Trinajstić information content (AvgIpc) is 3.41. The first-order chi connectivity index (χ1) is 19.5. The number of methoxy groups -OCH3 is 2. The molecule has 1 unspecified atom stereocenters. The molecule has 2 aromatic rings. The minimum Gasteiger partial charge on any atom is -0.496 e. The number of nitrogens with one attached hydrogen (secondary N) is 1. The number of ether oxygens (including phenoxy) is 2. The molecule has 1 saturated heterocycles. The molecule has 2 atom stereocenters. The van der Waals surface area contributed by atoms with Gasteiger partial charge in [0.2, 0.25) is 0 Å². The number of carbonyl (C=O) groups is 1. The number of halogens is 1. The molecule has 2 aliphatic rings. The van der Waals surface area contributed by atoms with E-state index in [0.29, 0.717) is 18.7 Å². The van der Waals surface area contributed by atoms with Crippen LogP contribution in [0.4, 0.5) is 10.2 Å². The van der Waals surface area contributed by atoms with E-state index in [1.54, 1.807) is 13.2 Å². The van der Waals surface area contributed by atoms with Gasteiger partial charge in [-0.2, -0.15) is 0 Å². The molecule has 2 aliphatic heterocycles. The molecule has 0 aliphatic carbocycles. The van der Waals surface area contributed by atoms with E-state index in [1.165, 1.54) is 18.7 Å². The summed E-state index contributed by atoms with van der Waals surface area (Å²) in [4.78, 5) is 21.7. The predicted octanol–water partition coefficient (Wildman–Crippen LogP) is 5.44. The van der Waals surface area contributed by atoms with Crippen LogP contribution in [0.25, 0.3) is 0 Å². The zero-order valence-corrected chi connectivity index (χ0v) is 25.6.